The van der Waals surface area contributed by atoms with Crippen LogP contribution >= 0.6 is 0 Å². The maximum atomic E-state index is 5.18. The second-order valence-corrected chi connectivity index (χ2v) is 3.34. The van der Waals surface area contributed by atoms with Crippen molar-refractivity contribution in [1.29, 1.82) is 0 Å². The van der Waals surface area contributed by atoms with Gasteiger partial charge in [-0.1, -0.05) is 0 Å². The van der Waals surface area contributed by atoms with Crippen LogP contribution < -0.4 is 5.32 Å². The first-order valence-corrected chi connectivity index (χ1v) is 4.49. The molecule has 1 aliphatic rings. The lowest BCUT2D eigenvalue weighted by molar-refractivity contribution is 0.0168. The van der Waals surface area contributed by atoms with E-state index in [9.17, 15) is 0 Å². The number of nitrogens with zero attached hydrogens (tertiary/aromatic N) is 2. The van der Waals surface area contributed by atoms with E-state index < -0.39 is 0 Å². The number of aromatic amines is 1. The van der Waals surface area contributed by atoms with Gasteiger partial charge in [-0.25, -0.2) is 4.98 Å². The first kappa shape index (κ1) is 8.65. The predicted octanol–water partition coefficient (Wildman–Crippen LogP) is 0.0717. The maximum absolute atomic E-state index is 5.18. The van der Waals surface area contributed by atoms with Gasteiger partial charge in [0.05, 0.1) is 12.6 Å². The average Bonchev–Trinajstić information content (AvgIpc) is 2.54. The Labute approximate surface area is 76.9 Å². The highest BCUT2D eigenvalue weighted by Gasteiger charge is 2.28. The molecule has 5 nitrogen and oxygen atoms in total. The Hall–Kier alpha value is -0.940. The van der Waals surface area contributed by atoms with Crippen LogP contribution in [-0.4, -0.2) is 34.4 Å². The van der Waals surface area contributed by atoms with Gasteiger partial charge >= 0.3 is 0 Å². The van der Waals surface area contributed by atoms with E-state index in [1.54, 1.807) is 7.11 Å². The Morgan fingerprint density at radius 1 is 1.69 bits per heavy atom. The lowest BCUT2D eigenvalue weighted by atomic mass is 9.89. The number of H-pyrrole nitrogens is 1. The van der Waals surface area contributed by atoms with Gasteiger partial charge in [-0.2, -0.15) is 5.10 Å². The molecule has 1 heterocycles. The molecule has 0 bridgehead atoms. The van der Waals surface area contributed by atoms with Crippen LogP contribution in [0.2, 0.25) is 0 Å². The Balaban J connectivity index is 1.65. The zero-order valence-corrected chi connectivity index (χ0v) is 7.66. The SMILES string of the molecule is COC1CC(NCc2ncn[nH]2)C1. The summed E-state index contributed by atoms with van der Waals surface area (Å²) in [6, 6.07) is 0.579. The number of aromatic nitrogens is 3. The van der Waals surface area contributed by atoms with Gasteiger partial charge in [-0.05, 0) is 12.8 Å². The fraction of sp³-hybridized carbons (Fsp3) is 0.750. The lowest BCUT2D eigenvalue weighted by Gasteiger charge is -2.34. The highest BCUT2D eigenvalue weighted by atomic mass is 16.5. The monoisotopic (exact) mass is 182 g/mol. The van der Waals surface area contributed by atoms with Crippen molar-refractivity contribution in [3.8, 4) is 0 Å². The first-order valence-electron chi connectivity index (χ1n) is 4.49. The van der Waals surface area contributed by atoms with E-state index in [-0.39, 0.29) is 0 Å². The Bertz CT molecular complexity index is 243. The first-order chi connectivity index (χ1) is 6.38. The van der Waals surface area contributed by atoms with Crippen LogP contribution in [0.5, 0.6) is 0 Å². The molecule has 0 aromatic carbocycles. The molecule has 5 heteroatoms. The smallest absolute Gasteiger partial charge is 0.138 e. The summed E-state index contributed by atoms with van der Waals surface area (Å²) in [6.45, 7) is 0.765. The minimum Gasteiger partial charge on any atom is -0.381 e. The molecule has 2 N–H and O–H groups in total. The third-order valence-corrected chi connectivity index (χ3v) is 2.45. The van der Waals surface area contributed by atoms with Gasteiger partial charge in [0.15, 0.2) is 0 Å². The summed E-state index contributed by atoms with van der Waals surface area (Å²) in [6.07, 6.45) is 4.18. The van der Waals surface area contributed by atoms with Crippen molar-refractivity contribution in [3.05, 3.63) is 12.2 Å². The number of hydrogen-bond acceptors (Lipinski definition) is 4. The Kier molecular flexibility index (Phi) is 2.56. The molecule has 1 fully saturated rings. The van der Waals surface area contributed by atoms with E-state index in [0.29, 0.717) is 12.1 Å². The minimum atomic E-state index is 0.451. The highest BCUT2D eigenvalue weighted by Crippen LogP contribution is 2.22. The summed E-state index contributed by atoms with van der Waals surface area (Å²) in [5.74, 6) is 0.890. The number of nitrogens with one attached hydrogen (secondary N) is 2. The van der Waals surface area contributed by atoms with Crippen molar-refractivity contribution in [2.45, 2.75) is 31.5 Å². The van der Waals surface area contributed by atoms with Crippen molar-refractivity contribution >= 4 is 0 Å². The highest BCUT2D eigenvalue weighted by molar-refractivity contribution is 4.88. The molecule has 0 amide bonds. The van der Waals surface area contributed by atoms with E-state index in [2.05, 4.69) is 20.5 Å². The Morgan fingerprint density at radius 3 is 3.15 bits per heavy atom. The molecule has 0 atom stereocenters. The van der Waals surface area contributed by atoms with E-state index in [1.165, 1.54) is 6.33 Å². The van der Waals surface area contributed by atoms with Crippen LogP contribution in [0, 0.1) is 0 Å². The number of hydrogen-bond donors (Lipinski definition) is 2. The quantitative estimate of drug-likeness (QED) is 0.691. The van der Waals surface area contributed by atoms with Gasteiger partial charge in [0, 0.05) is 13.2 Å². The van der Waals surface area contributed by atoms with Crippen LogP contribution in [0.4, 0.5) is 0 Å². The van der Waals surface area contributed by atoms with Gasteiger partial charge in [0.25, 0.3) is 0 Å². The van der Waals surface area contributed by atoms with Crippen molar-refractivity contribution in [2.24, 2.45) is 0 Å². The van der Waals surface area contributed by atoms with Gasteiger partial charge in [0.1, 0.15) is 12.2 Å². The Morgan fingerprint density at radius 2 is 2.54 bits per heavy atom. The van der Waals surface area contributed by atoms with Crippen LogP contribution in [0.3, 0.4) is 0 Å². The molecule has 72 valence electrons. The second kappa shape index (κ2) is 3.85. The second-order valence-electron chi connectivity index (χ2n) is 3.34. The van der Waals surface area contributed by atoms with E-state index in [1.807, 2.05) is 0 Å². The molecule has 0 aliphatic heterocycles. The largest absolute Gasteiger partial charge is 0.381 e. The van der Waals surface area contributed by atoms with Crippen LogP contribution in [0.25, 0.3) is 0 Å². The van der Waals surface area contributed by atoms with Crippen LogP contribution in [0.1, 0.15) is 18.7 Å². The topological polar surface area (TPSA) is 62.8 Å². The molecule has 13 heavy (non-hydrogen) atoms. The van der Waals surface area contributed by atoms with Gasteiger partial charge in [-0.15, -0.1) is 0 Å². The molecule has 0 saturated heterocycles. The molecule has 1 aromatic heterocycles. The summed E-state index contributed by atoms with van der Waals surface area (Å²) in [7, 11) is 1.76. The van der Waals surface area contributed by atoms with Crippen molar-refractivity contribution in [1.82, 2.24) is 20.5 Å². The normalized spacial score (nSPS) is 27.2. The van der Waals surface area contributed by atoms with Gasteiger partial charge < -0.3 is 10.1 Å². The maximum Gasteiger partial charge on any atom is 0.138 e. The third kappa shape index (κ3) is 2.05. The molecule has 1 saturated carbocycles. The molecule has 1 aromatic rings. The van der Waals surface area contributed by atoms with Gasteiger partial charge in [-0.3, -0.25) is 5.10 Å². The zero-order valence-electron chi connectivity index (χ0n) is 7.66. The van der Waals surface area contributed by atoms with E-state index in [0.717, 1.165) is 25.2 Å². The van der Waals surface area contributed by atoms with Crippen molar-refractivity contribution in [2.75, 3.05) is 7.11 Å². The van der Waals surface area contributed by atoms with Crippen LogP contribution in [-0.2, 0) is 11.3 Å². The summed E-state index contributed by atoms with van der Waals surface area (Å²) < 4.78 is 5.18. The summed E-state index contributed by atoms with van der Waals surface area (Å²) in [5, 5.41) is 9.96. The molecule has 0 spiro atoms. The van der Waals surface area contributed by atoms with Crippen LogP contribution in [0.15, 0.2) is 6.33 Å². The molecule has 1 aliphatic carbocycles. The summed E-state index contributed by atoms with van der Waals surface area (Å²) >= 11 is 0. The molecular formula is C8H14N4O. The molecule has 0 unspecified atom stereocenters. The third-order valence-electron chi connectivity index (χ3n) is 2.45. The van der Waals surface area contributed by atoms with Crippen molar-refractivity contribution in [3.63, 3.8) is 0 Å². The fourth-order valence-corrected chi connectivity index (χ4v) is 1.48. The standard InChI is InChI=1S/C8H14N4O/c1-13-7-2-6(3-7)9-4-8-10-5-11-12-8/h5-7,9H,2-4H2,1H3,(H,10,11,12). The number of rotatable bonds is 4. The summed E-state index contributed by atoms with van der Waals surface area (Å²) in [5.41, 5.74) is 0. The average molecular weight is 182 g/mol. The van der Waals surface area contributed by atoms with Crippen molar-refractivity contribution < 1.29 is 4.74 Å². The minimum absolute atomic E-state index is 0.451. The molecule has 0 radical (unpaired) electrons. The summed E-state index contributed by atoms with van der Waals surface area (Å²) in [4.78, 5) is 4.03. The number of methoxy groups -OCH3 is 1. The van der Waals surface area contributed by atoms with E-state index >= 15 is 0 Å². The lowest BCUT2D eigenvalue weighted by Crippen LogP contribution is -2.44. The molecular weight excluding hydrogens is 168 g/mol. The zero-order chi connectivity index (χ0) is 9.10. The fourth-order valence-electron chi connectivity index (χ4n) is 1.48. The predicted molar refractivity (Wildman–Crippen MR) is 47.0 cm³/mol. The number of ether oxygens (including phenoxy) is 1. The van der Waals surface area contributed by atoms with Gasteiger partial charge in [0.2, 0.25) is 0 Å². The molecule has 2 rings (SSSR count). The van der Waals surface area contributed by atoms with E-state index in [4.69, 9.17) is 4.74 Å².